The second-order valence-corrected chi connectivity index (χ2v) is 5.07. The van der Waals surface area contributed by atoms with E-state index >= 15 is 0 Å². The first-order valence-corrected chi connectivity index (χ1v) is 6.48. The number of benzene rings is 1. The number of aliphatic hydroxyl groups excluding tert-OH is 1. The van der Waals surface area contributed by atoms with Gasteiger partial charge in [0.05, 0.1) is 12.7 Å². The maximum absolute atomic E-state index is 11.6. The van der Waals surface area contributed by atoms with Gasteiger partial charge >= 0.3 is 0 Å². The van der Waals surface area contributed by atoms with Crippen LogP contribution < -0.4 is 5.11 Å². The zero-order valence-electron chi connectivity index (χ0n) is 10.6. The Balaban J connectivity index is 1.75. The van der Waals surface area contributed by atoms with E-state index in [1.165, 1.54) is 0 Å². The number of hydrogen-bond donors (Lipinski definition) is 1. The van der Waals surface area contributed by atoms with Gasteiger partial charge in [0.25, 0.3) is 0 Å². The first kappa shape index (κ1) is 13.0. The highest BCUT2D eigenvalue weighted by molar-refractivity contribution is 5.16. The molecule has 1 aromatic carbocycles. The van der Waals surface area contributed by atoms with Crippen LogP contribution in [0.25, 0.3) is 0 Å². The summed E-state index contributed by atoms with van der Waals surface area (Å²) in [6, 6.07) is 9.52. The molecule has 0 spiro atoms. The van der Waals surface area contributed by atoms with E-state index in [9.17, 15) is 10.2 Å². The van der Waals surface area contributed by atoms with E-state index in [-0.39, 0.29) is 6.61 Å². The average Bonchev–Trinajstić information content (AvgIpc) is 2.46. The van der Waals surface area contributed by atoms with Crippen LogP contribution in [0.4, 0.5) is 0 Å². The van der Waals surface area contributed by atoms with Crippen LogP contribution in [0.15, 0.2) is 30.3 Å². The molecule has 3 rings (SSSR count). The van der Waals surface area contributed by atoms with E-state index in [2.05, 4.69) is 0 Å². The summed E-state index contributed by atoms with van der Waals surface area (Å²) in [5.74, 6) is -0.490. The van der Waals surface area contributed by atoms with Crippen LogP contribution in [-0.2, 0) is 14.2 Å². The maximum Gasteiger partial charge on any atom is 0.184 e. The highest BCUT2D eigenvalue weighted by Crippen LogP contribution is 2.34. The van der Waals surface area contributed by atoms with Crippen LogP contribution in [0.5, 0.6) is 0 Å². The number of fused-ring (bicyclic) bond motifs is 1. The van der Waals surface area contributed by atoms with Gasteiger partial charge in [0, 0.05) is 5.56 Å². The SMILES string of the molecule is C[C@H]1C([O-])O[C@@H]2COC(c3ccccc3)O[C@H]2[C@@H]1O. The molecule has 0 saturated carbocycles. The summed E-state index contributed by atoms with van der Waals surface area (Å²) in [6.45, 7) is 1.93. The van der Waals surface area contributed by atoms with Gasteiger partial charge in [-0.3, -0.25) is 0 Å². The van der Waals surface area contributed by atoms with Crippen molar-refractivity contribution in [3.05, 3.63) is 35.9 Å². The fourth-order valence-corrected chi connectivity index (χ4v) is 2.51. The fraction of sp³-hybridized carbons (Fsp3) is 0.571. The van der Waals surface area contributed by atoms with Gasteiger partial charge in [-0.05, 0) is 12.2 Å². The summed E-state index contributed by atoms with van der Waals surface area (Å²) < 4.78 is 16.6. The van der Waals surface area contributed by atoms with Crippen molar-refractivity contribution in [1.29, 1.82) is 0 Å². The van der Waals surface area contributed by atoms with E-state index < -0.39 is 36.8 Å². The predicted octanol–water partition coefficient (Wildman–Crippen LogP) is 0.183. The Kier molecular flexibility index (Phi) is 3.56. The van der Waals surface area contributed by atoms with Crippen LogP contribution in [0.2, 0.25) is 0 Å². The molecular weight excluding hydrogens is 248 g/mol. The van der Waals surface area contributed by atoms with Crippen LogP contribution in [0.3, 0.4) is 0 Å². The molecule has 2 saturated heterocycles. The molecule has 2 aliphatic heterocycles. The molecule has 104 valence electrons. The molecule has 2 aliphatic rings. The lowest BCUT2D eigenvalue weighted by molar-refractivity contribution is -0.534. The standard InChI is InChI=1S/C14H17O5/c1-8-11(15)12-10(18-13(8)16)7-17-14(19-12)9-5-3-2-4-6-9/h2-6,8,10-15H,7H2,1H3/q-1/t8-,10-,11-,12-,13?,14?/m1/s1. The number of hydrogen-bond acceptors (Lipinski definition) is 5. The van der Waals surface area contributed by atoms with Gasteiger partial charge in [-0.2, -0.15) is 0 Å². The predicted molar refractivity (Wildman–Crippen MR) is 63.8 cm³/mol. The lowest BCUT2D eigenvalue weighted by atomic mass is 9.92. The molecular formula is C14H17O5-. The van der Waals surface area contributed by atoms with E-state index in [4.69, 9.17) is 14.2 Å². The molecule has 5 nitrogen and oxygen atoms in total. The minimum atomic E-state index is -1.23. The number of ether oxygens (including phenoxy) is 3. The Labute approximate surface area is 111 Å². The van der Waals surface area contributed by atoms with Gasteiger partial charge in [0.2, 0.25) is 0 Å². The monoisotopic (exact) mass is 265 g/mol. The Morgan fingerprint density at radius 2 is 1.95 bits per heavy atom. The minimum absolute atomic E-state index is 0.257. The molecule has 19 heavy (non-hydrogen) atoms. The highest BCUT2D eigenvalue weighted by atomic mass is 16.7. The van der Waals surface area contributed by atoms with Gasteiger partial charge in [0.15, 0.2) is 6.29 Å². The maximum atomic E-state index is 11.6. The van der Waals surface area contributed by atoms with Crippen LogP contribution >= 0.6 is 0 Å². The Hall–Kier alpha value is -0.980. The van der Waals surface area contributed by atoms with Crippen molar-refractivity contribution in [2.75, 3.05) is 6.61 Å². The zero-order valence-corrected chi connectivity index (χ0v) is 10.6. The summed E-state index contributed by atoms with van der Waals surface area (Å²) in [6.07, 6.45) is -3.57. The Morgan fingerprint density at radius 3 is 2.68 bits per heavy atom. The molecule has 0 radical (unpaired) electrons. The fourth-order valence-electron chi connectivity index (χ4n) is 2.51. The first-order valence-electron chi connectivity index (χ1n) is 6.48. The molecule has 0 aromatic heterocycles. The minimum Gasteiger partial charge on any atom is -0.831 e. The van der Waals surface area contributed by atoms with Crippen molar-refractivity contribution >= 4 is 0 Å². The molecule has 2 fully saturated rings. The van der Waals surface area contributed by atoms with Crippen molar-refractivity contribution in [2.45, 2.75) is 37.8 Å². The van der Waals surface area contributed by atoms with Crippen molar-refractivity contribution in [3.8, 4) is 0 Å². The summed E-state index contributed by atoms with van der Waals surface area (Å²) in [5.41, 5.74) is 0.894. The first-order chi connectivity index (χ1) is 9.16. The molecule has 2 heterocycles. The quantitative estimate of drug-likeness (QED) is 0.784. The van der Waals surface area contributed by atoms with Gasteiger partial charge in [0.1, 0.15) is 12.2 Å². The second kappa shape index (κ2) is 5.19. The van der Waals surface area contributed by atoms with Crippen LogP contribution in [-0.4, -0.2) is 36.3 Å². The van der Waals surface area contributed by atoms with Crippen molar-refractivity contribution in [1.82, 2.24) is 0 Å². The summed E-state index contributed by atoms with van der Waals surface area (Å²) in [4.78, 5) is 0. The topological polar surface area (TPSA) is 71.0 Å². The second-order valence-electron chi connectivity index (χ2n) is 5.07. The lowest BCUT2D eigenvalue weighted by Crippen LogP contribution is -2.61. The molecule has 0 amide bonds. The van der Waals surface area contributed by atoms with E-state index in [0.29, 0.717) is 0 Å². The third kappa shape index (κ3) is 2.40. The number of aliphatic hydroxyl groups is 1. The summed E-state index contributed by atoms with van der Waals surface area (Å²) in [7, 11) is 0. The highest BCUT2D eigenvalue weighted by Gasteiger charge is 2.44. The van der Waals surface area contributed by atoms with E-state index in [1.54, 1.807) is 6.92 Å². The third-order valence-corrected chi connectivity index (χ3v) is 3.74. The molecule has 2 unspecified atom stereocenters. The normalized spacial score (nSPS) is 42.7. The van der Waals surface area contributed by atoms with Gasteiger partial charge in [-0.15, -0.1) is 0 Å². The zero-order chi connectivity index (χ0) is 13.4. The molecule has 1 aromatic rings. The van der Waals surface area contributed by atoms with Gasteiger partial charge < -0.3 is 24.4 Å². The van der Waals surface area contributed by atoms with Crippen molar-refractivity contribution in [3.63, 3.8) is 0 Å². The van der Waals surface area contributed by atoms with Crippen LogP contribution in [0, 0.1) is 5.92 Å². The van der Waals surface area contributed by atoms with E-state index in [1.807, 2.05) is 30.3 Å². The number of rotatable bonds is 1. The molecule has 6 atom stereocenters. The molecule has 1 N–H and O–H groups in total. The van der Waals surface area contributed by atoms with Gasteiger partial charge in [-0.1, -0.05) is 37.3 Å². The molecule has 0 bridgehead atoms. The van der Waals surface area contributed by atoms with Crippen molar-refractivity contribution < 1.29 is 24.4 Å². The Bertz CT molecular complexity index is 421. The van der Waals surface area contributed by atoms with E-state index in [0.717, 1.165) is 5.56 Å². The largest absolute Gasteiger partial charge is 0.831 e. The molecule has 5 heteroatoms. The smallest absolute Gasteiger partial charge is 0.184 e. The van der Waals surface area contributed by atoms with Gasteiger partial charge in [-0.25, -0.2) is 0 Å². The van der Waals surface area contributed by atoms with Crippen LogP contribution in [0.1, 0.15) is 18.8 Å². The average molecular weight is 265 g/mol. The summed E-state index contributed by atoms with van der Waals surface area (Å²) in [5, 5.41) is 21.7. The van der Waals surface area contributed by atoms with Crippen molar-refractivity contribution in [2.24, 2.45) is 5.92 Å². The Morgan fingerprint density at radius 1 is 1.21 bits per heavy atom. The third-order valence-electron chi connectivity index (χ3n) is 3.74. The molecule has 0 aliphatic carbocycles. The lowest BCUT2D eigenvalue weighted by Gasteiger charge is -2.49. The summed E-state index contributed by atoms with van der Waals surface area (Å²) >= 11 is 0.